The van der Waals surface area contributed by atoms with Crippen LogP contribution in [0.2, 0.25) is 5.02 Å². The van der Waals surface area contributed by atoms with Crippen LogP contribution < -0.4 is 5.32 Å². The molecule has 8 heteroatoms. The molecule has 3 aromatic rings. The third-order valence-corrected chi connectivity index (χ3v) is 4.08. The van der Waals surface area contributed by atoms with Gasteiger partial charge < -0.3 is 9.15 Å². The van der Waals surface area contributed by atoms with Crippen molar-refractivity contribution >= 4 is 34.2 Å². The molecule has 0 fully saturated rings. The molecule has 3 rings (SSSR count). The molecule has 0 aliphatic heterocycles. The van der Waals surface area contributed by atoms with Gasteiger partial charge in [0.25, 0.3) is 5.91 Å². The molecule has 0 saturated carbocycles. The first-order valence-corrected chi connectivity index (χ1v) is 8.28. The van der Waals surface area contributed by atoms with Crippen LogP contribution in [0.5, 0.6) is 0 Å². The van der Waals surface area contributed by atoms with E-state index in [-0.39, 0.29) is 19.1 Å². The van der Waals surface area contributed by atoms with E-state index in [0.29, 0.717) is 21.7 Å². The summed E-state index contributed by atoms with van der Waals surface area (Å²) >= 11 is 7.11. The number of furan rings is 1. The first kappa shape index (κ1) is 16.6. The molecule has 2 aromatic heterocycles. The summed E-state index contributed by atoms with van der Waals surface area (Å²) in [6.45, 7) is 2.01. The fraction of sp³-hybridized carbons (Fsp3) is 0.188. The minimum Gasteiger partial charge on any atom is -0.458 e. The van der Waals surface area contributed by atoms with Crippen molar-refractivity contribution in [2.75, 3.05) is 11.9 Å². The van der Waals surface area contributed by atoms with E-state index in [4.69, 9.17) is 20.8 Å². The number of nitrogens with zero attached hydrogens (tertiary/aromatic N) is 2. The molecule has 1 N–H and O–H groups in total. The number of aromatic nitrogens is 2. The third kappa shape index (κ3) is 4.19. The Bertz CT molecular complexity index is 846. The van der Waals surface area contributed by atoms with E-state index in [1.165, 1.54) is 0 Å². The number of anilines is 1. The summed E-state index contributed by atoms with van der Waals surface area (Å²) < 4.78 is 15.0. The van der Waals surface area contributed by atoms with Crippen LogP contribution >= 0.6 is 23.1 Å². The van der Waals surface area contributed by atoms with Gasteiger partial charge in [0.2, 0.25) is 11.0 Å². The number of hydrogen-bond donors (Lipinski definition) is 1. The normalized spacial score (nSPS) is 10.8. The topological polar surface area (TPSA) is 77.2 Å². The van der Waals surface area contributed by atoms with E-state index in [9.17, 15) is 4.79 Å². The standard InChI is InChI=1S/C16H14ClN3O3S/c1-10-6-7-13(23-10)15-19-16(24-20-15)18-14(21)9-22-8-11-4-2-3-5-12(11)17/h2-7H,8-9H2,1H3,(H,18,19,20,21). The summed E-state index contributed by atoms with van der Waals surface area (Å²) in [5.74, 6) is 1.48. The van der Waals surface area contributed by atoms with Crippen LogP contribution in [0.15, 0.2) is 40.8 Å². The van der Waals surface area contributed by atoms with Crippen LogP contribution in [0, 0.1) is 6.92 Å². The van der Waals surface area contributed by atoms with Gasteiger partial charge in [-0.1, -0.05) is 29.8 Å². The van der Waals surface area contributed by atoms with E-state index >= 15 is 0 Å². The van der Waals surface area contributed by atoms with Crippen molar-refractivity contribution in [3.05, 3.63) is 52.7 Å². The van der Waals surface area contributed by atoms with Crippen LogP contribution in [-0.4, -0.2) is 21.9 Å². The zero-order valence-corrected chi connectivity index (χ0v) is 14.4. The lowest BCUT2D eigenvalue weighted by atomic mass is 10.2. The third-order valence-electron chi connectivity index (χ3n) is 3.08. The van der Waals surface area contributed by atoms with Gasteiger partial charge >= 0.3 is 0 Å². The molecule has 0 radical (unpaired) electrons. The Labute approximate surface area is 147 Å². The minimum absolute atomic E-state index is 0.0972. The Balaban J connectivity index is 1.50. The highest BCUT2D eigenvalue weighted by Crippen LogP contribution is 2.23. The molecule has 0 atom stereocenters. The fourth-order valence-corrected chi connectivity index (χ4v) is 2.73. The van der Waals surface area contributed by atoms with Gasteiger partial charge in [0.1, 0.15) is 12.4 Å². The molecule has 0 spiro atoms. The minimum atomic E-state index is -0.305. The van der Waals surface area contributed by atoms with Crippen molar-refractivity contribution in [3.63, 3.8) is 0 Å². The summed E-state index contributed by atoms with van der Waals surface area (Å²) in [6.07, 6.45) is 0. The maximum atomic E-state index is 11.9. The maximum absolute atomic E-state index is 11.9. The Morgan fingerprint density at radius 2 is 2.17 bits per heavy atom. The zero-order chi connectivity index (χ0) is 16.9. The summed E-state index contributed by atoms with van der Waals surface area (Å²) in [7, 11) is 0. The Hall–Kier alpha value is -2.22. The SMILES string of the molecule is Cc1ccc(-c2nsc(NC(=O)COCc3ccccc3Cl)n2)o1. The molecule has 24 heavy (non-hydrogen) atoms. The summed E-state index contributed by atoms with van der Waals surface area (Å²) in [5, 5.41) is 3.65. The van der Waals surface area contributed by atoms with Crippen LogP contribution in [-0.2, 0) is 16.1 Å². The molecule has 0 bridgehead atoms. The molecule has 2 heterocycles. The molecule has 0 aliphatic carbocycles. The van der Waals surface area contributed by atoms with E-state index < -0.39 is 0 Å². The predicted molar refractivity (Wildman–Crippen MR) is 92.1 cm³/mol. The molecule has 6 nitrogen and oxygen atoms in total. The summed E-state index contributed by atoms with van der Waals surface area (Å²) in [6, 6.07) is 10.9. The molecule has 1 amide bonds. The largest absolute Gasteiger partial charge is 0.458 e. The van der Waals surface area contributed by atoms with Crippen LogP contribution in [0.3, 0.4) is 0 Å². The van der Waals surface area contributed by atoms with Crippen LogP contribution in [0.25, 0.3) is 11.6 Å². The first-order valence-electron chi connectivity index (χ1n) is 7.13. The number of ether oxygens (including phenoxy) is 1. The fourth-order valence-electron chi connectivity index (χ4n) is 1.95. The lowest BCUT2D eigenvalue weighted by Crippen LogP contribution is -2.18. The van der Waals surface area contributed by atoms with Crippen molar-refractivity contribution in [2.45, 2.75) is 13.5 Å². The van der Waals surface area contributed by atoms with E-state index in [0.717, 1.165) is 22.9 Å². The highest BCUT2D eigenvalue weighted by Gasteiger charge is 2.12. The number of carbonyl (C=O) groups excluding carboxylic acids is 1. The molecule has 124 valence electrons. The highest BCUT2D eigenvalue weighted by molar-refractivity contribution is 7.10. The van der Waals surface area contributed by atoms with Crippen molar-refractivity contribution in [3.8, 4) is 11.6 Å². The highest BCUT2D eigenvalue weighted by atomic mass is 35.5. The van der Waals surface area contributed by atoms with Gasteiger partial charge in [0.15, 0.2) is 5.76 Å². The molecular weight excluding hydrogens is 350 g/mol. The smallest absolute Gasteiger partial charge is 0.252 e. The van der Waals surface area contributed by atoms with Crippen LogP contribution in [0.4, 0.5) is 5.13 Å². The molecule has 0 aliphatic rings. The van der Waals surface area contributed by atoms with E-state index in [1.54, 1.807) is 12.1 Å². The number of rotatable bonds is 6. The van der Waals surface area contributed by atoms with Crippen molar-refractivity contribution in [1.29, 1.82) is 0 Å². The van der Waals surface area contributed by atoms with Crippen molar-refractivity contribution in [2.24, 2.45) is 0 Å². The van der Waals surface area contributed by atoms with Gasteiger partial charge in [-0.3, -0.25) is 10.1 Å². The number of nitrogens with one attached hydrogen (secondary N) is 1. The maximum Gasteiger partial charge on any atom is 0.252 e. The Morgan fingerprint density at radius 1 is 1.33 bits per heavy atom. The Morgan fingerprint density at radius 3 is 2.92 bits per heavy atom. The average molecular weight is 364 g/mol. The summed E-state index contributed by atoms with van der Waals surface area (Å²) in [5.41, 5.74) is 0.832. The van der Waals surface area contributed by atoms with Crippen LogP contribution in [0.1, 0.15) is 11.3 Å². The quantitative estimate of drug-likeness (QED) is 0.718. The van der Waals surface area contributed by atoms with Crippen molar-refractivity contribution in [1.82, 2.24) is 9.36 Å². The number of halogens is 1. The van der Waals surface area contributed by atoms with Gasteiger partial charge in [0, 0.05) is 16.6 Å². The lowest BCUT2D eigenvalue weighted by Gasteiger charge is -2.05. The molecule has 0 saturated heterocycles. The second kappa shape index (κ2) is 7.57. The predicted octanol–water partition coefficient (Wildman–Crippen LogP) is 3.92. The average Bonchev–Trinajstić information content (AvgIpc) is 3.18. The van der Waals surface area contributed by atoms with Gasteiger partial charge in [-0.25, -0.2) is 0 Å². The van der Waals surface area contributed by atoms with Gasteiger partial charge in [0.05, 0.1) is 6.61 Å². The van der Waals surface area contributed by atoms with Crippen molar-refractivity contribution < 1.29 is 13.9 Å². The lowest BCUT2D eigenvalue weighted by molar-refractivity contribution is -0.121. The second-order valence-electron chi connectivity index (χ2n) is 4.97. The van der Waals surface area contributed by atoms with Gasteiger partial charge in [-0.2, -0.15) is 9.36 Å². The second-order valence-corrected chi connectivity index (χ2v) is 6.12. The zero-order valence-electron chi connectivity index (χ0n) is 12.8. The molecular formula is C16H14ClN3O3S. The number of hydrogen-bond acceptors (Lipinski definition) is 6. The van der Waals surface area contributed by atoms with Gasteiger partial charge in [-0.15, -0.1) is 0 Å². The molecule has 1 aromatic carbocycles. The number of carbonyl (C=O) groups is 1. The number of amides is 1. The number of aryl methyl sites for hydroxylation is 1. The summed E-state index contributed by atoms with van der Waals surface area (Å²) in [4.78, 5) is 16.1. The van der Waals surface area contributed by atoms with Gasteiger partial charge in [-0.05, 0) is 30.7 Å². The number of benzene rings is 1. The Kier molecular flexibility index (Phi) is 5.24. The molecule has 0 unspecified atom stereocenters. The monoisotopic (exact) mass is 363 g/mol. The van der Waals surface area contributed by atoms with E-state index in [2.05, 4.69) is 14.7 Å². The first-order chi connectivity index (χ1) is 11.6. The van der Waals surface area contributed by atoms with E-state index in [1.807, 2.05) is 31.2 Å².